The van der Waals surface area contributed by atoms with Crippen LogP contribution in [0.4, 0.5) is 0 Å². The fourth-order valence-electron chi connectivity index (χ4n) is 2.84. The molecule has 0 saturated heterocycles. The number of aryl methyl sites for hydroxylation is 1. The van der Waals surface area contributed by atoms with Crippen molar-refractivity contribution >= 4 is 21.7 Å². The van der Waals surface area contributed by atoms with E-state index in [2.05, 4.69) is 39.3 Å². The quantitative estimate of drug-likeness (QED) is 0.865. The van der Waals surface area contributed by atoms with Gasteiger partial charge in [-0.15, -0.1) is 0 Å². The lowest BCUT2D eigenvalue weighted by molar-refractivity contribution is 0.102. The molecule has 0 bridgehead atoms. The highest BCUT2D eigenvalue weighted by Gasteiger charge is 2.23. The van der Waals surface area contributed by atoms with Crippen molar-refractivity contribution < 1.29 is 4.79 Å². The van der Waals surface area contributed by atoms with Crippen LogP contribution >= 0.6 is 15.9 Å². The third kappa shape index (κ3) is 2.68. The van der Waals surface area contributed by atoms with E-state index in [1.54, 1.807) is 10.9 Å². The second kappa shape index (κ2) is 6.12. The molecule has 21 heavy (non-hydrogen) atoms. The van der Waals surface area contributed by atoms with Gasteiger partial charge in [0, 0.05) is 18.7 Å². The van der Waals surface area contributed by atoms with E-state index >= 15 is 0 Å². The van der Waals surface area contributed by atoms with Crippen LogP contribution in [0.15, 0.2) is 28.9 Å². The first-order chi connectivity index (χ1) is 10.2. The van der Waals surface area contributed by atoms with Crippen LogP contribution in [0.2, 0.25) is 0 Å². The van der Waals surface area contributed by atoms with Crippen LogP contribution in [0.1, 0.15) is 40.5 Å². The second-order valence-corrected chi connectivity index (χ2v) is 6.12. The van der Waals surface area contributed by atoms with Gasteiger partial charge < -0.3 is 5.32 Å². The molecule has 0 unspecified atom stereocenters. The van der Waals surface area contributed by atoms with E-state index in [4.69, 9.17) is 0 Å². The number of aromatic nitrogens is 2. The van der Waals surface area contributed by atoms with Gasteiger partial charge in [-0.2, -0.15) is 5.10 Å². The predicted octanol–water partition coefficient (Wildman–Crippen LogP) is 2.93. The summed E-state index contributed by atoms with van der Waals surface area (Å²) in [6.45, 7) is 4.60. The van der Waals surface area contributed by atoms with Crippen molar-refractivity contribution in [1.29, 1.82) is 0 Å². The van der Waals surface area contributed by atoms with Crippen molar-refractivity contribution in [2.24, 2.45) is 0 Å². The minimum atomic E-state index is 0.0616. The average molecular weight is 348 g/mol. The largest absolute Gasteiger partial charge is 0.312 e. The van der Waals surface area contributed by atoms with Gasteiger partial charge in [-0.05, 0) is 46.4 Å². The second-order valence-electron chi connectivity index (χ2n) is 5.26. The summed E-state index contributed by atoms with van der Waals surface area (Å²) < 4.78 is 2.57. The maximum atomic E-state index is 13.0. The lowest BCUT2D eigenvalue weighted by Gasteiger charge is -2.20. The smallest absolute Gasteiger partial charge is 0.212 e. The number of halogens is 1. The Morgan fingerprint density at radius 2 is 2.33 bits per heavy atom. The highest BCUT2D eigenvalue weighted by Crippen LogP contribution is 2.25. The number of benzene rings is 1. The summed E-state index contributed by atoms with van der Waals surface area (Å²) in [5.41, 5.74) is 3.87. The van der Waals surface area contributed by atoms with Crippen molar-refractivity contribution in [3.05, 3.63) is 51.3 Å². The minimum Gasteiger partial charge on any atom is -0.312 e. The van der Waals surface area contributed by atoms with E-state index in [0.717, 1.165) is 42.5 Å². The minimum absolute atomic E-state index is 0.0616. The first-order valence-electron chi connectivity index (χ1n) is 7.30. The van der Waals surface area contributed by atoms with Gasteiger partial charge >= 0.3 is 0 Å². The van der Waals surface area contributed by atoms with Crippen molar-refractivity contribution in [1.82, 2.24) is 15.1 Å². The SMILES string of the molecule is CCCn1ncc(Br)c1C(=O)c1cccc2c1CCNC2. The Labute approximate surface area is 132 Å². The summed E-state index contributed by atoms with van der Waals surface area (Å²) in [7, 11) is 0. The molecule has 0 saturated carbocycles. The number of nitrogens with zero attached hydrogens (tertiary/aromatic N) is 2. The molecule has 0 fully saturated rings. The number of carbonyl (C=O) groups is 1. The molecule has 2 aromatic rings. The Balaban J connectivity index is 2.05. The van der Waals surface area contributed by atoms with E-state index < -0.39 is 0 Å². The molecule has 0 spiro atoms. The summed E-state index contributed by atoms with van der Waals surface area (Å²) in [5.74, 6) is 0.0616. The van der Waals surface area contributed by atoms with Crippen molar-refractivity contribution in [3.63, 3.8) is 0 Å². The summed E-state index contributed by atoms with van der Waals surface area (Å²) in [4.78, 5) is 13.0. The van der Waals surface area contributed by atoms with Gasteiger partial charge in [0.2, 0.25) is 5.78 Å². The van der Waals surface area contributed by atoms with Crippen LogP contribution in [-0.4, -0.2) is 22.1 Å². The summed E-state index contributed by atoms with van der Waals surface area (Å²) in [5, 5.41) is 7.65. The van der Waals surface area contributed by atoms with Gasteiger partial charge in [-0.1, -0.05) is 25.1 Å². The molecular formula is C16H18BrN3O. The number of ketones is 1. The summed E-state index contributed by atoms with van der Waals surface area (Å²) >= 11 is 3.46. The summed E-state index contributed by atoms with van der Waals surface area (Å²) in [6.07, 6.45) is 3.56. The maximum Gasteiger partial charge on any atom is 0.212 e. The molecular weight excluding hydrogens is 330 g/mol. The molecule has 4 nitrogen and oxygen atoms in total. The van der Waals surface area contributed by atoms with E-state index in [9.17, 15) is 4.79 Å². The Hall–Kier alpha value is -1.46. The average Bonchev–Trinajstić information content (AvgIpc) is 2.87. The lowest BCUT2D eigenvalue weighted by atomic mass is 9.92. The van der Waals surface area contributed by atoms with E-state index in [0.29, 0.717) is 5.69 Å². The Morgan fingerprint density at radius 1 is 1.48 bits per heavy atom. The van der Waals surface area contributed by atoms with Gasteiger partial charge in [0.05, 0.1) is 10.7 Å². The molecule has 1 N–H and O–H groups in total. The van der Waals surface area contributed by atoms with Crippen LogP contribution in [-0.2, 0) is 19.5 Å². The van der Waals surface area contributed by atoms with Gasteiger partial charge in [0.15, 0.2) is 0 Å². The fraction of sp³-hybridized carbons (Fsp3) is 0.375. The molecule has 2 heterocycles. The molecule has 3 rings (SSSR count). The number of carbonyl (C=O) groups excluding carboxylic acids is 1. The molecule has 0 aliphatic carbocycles. The van der Waals surface area contributed by atoms with Crippen molar-refractivity contribution in [2.75, 3.05) is 6.54 Å². The van der Waals surface area contributed by atoms with E-state index in [1.807, 2.05) is 12.1 Å². The van der Waals surface area contributed by atoms with Crippen LogP contribution in [0.25, 0.3) is 0 Å². The zero-order valence-electron chi connectivity index (χ0n) is 12.0. The Kier molecular flexibility index (Phi) is 4.22. The van der Waals surface area contributed by atoms with Gasteiger partial charge in [-0.3, -0.25) is 9.48 Å². The lowest BCUT2D eigenvalue weighted by Crippen LogP contribution is -2.26. The molecule has 1 aliphatic heterocycles. The van der Waals surface area contributed by atoms with Crippen LogP contribution in [0, 0.1) is 0 Å². The highest BCUT2D eigenvalue weighted by molar-refractivity contribution is 9.10. The van der Waals surface area contributed by atoms with Gasteiger partial charge in [0.25, 0.3) is 0 Å². The van der Waals surface area contributed by atoms with Gasteiger partial charge in [0.1, 0.15) is 5.69 Å². The number of fused-ring (bicyclic) bond motifs is 1. The van der Waals surface area contributed by atoms with E-state index in [1.165, 1.54) is 11.1 Å². The molecule has 110 valence electrons. The van der Waals surface area contributed by atoms with Crippen molar-refractivity contribution in [2.45, 2.75) is 32.9 Å². The molecule has 0 atom stereocenters. The maximum absolute atomic E-state index is 13.0. The number of nitrogens with one attached hydrogen (secondary N) is 1. The zero-order valence-corrected chi connectivity index (χ0v) is 13.6. The summed E-state index contributed by atoms with van der Waals surface area (Å²) in [6, 6.07) is 5.99. The van der Waals surface area contributed by atoms with Crippen LogP contribution in [0.5, 0.6) is 0 Å². The first kappa shape index (κ1) is 14.5. The highest BCUT2D eigenvalue weighted by atomic mass is 79.9. The van der Waals surface area contributed by atoms with Crippen LogP contribution < -0.4 is 5.32 Å². The third-order valence-electron chi connectivity index (χ3n) is 3.83. The zero-order chi connectivity index (χ0) is 14.8. The predicted molar refractivity (Wildman–Crippen MR) is 85.5 cm³/mol. The normalized spacial score (nSPS) is 14.0. The Morgan fingerprint density at radius 3 is 3.14 bits per heavy atom. The molecule has 0 radical (unpaired) electrons. The number of hydrogen-bond acceptors (Lipinski definition) is 3. The number of hydrogen-bond donors (Lipinski definition) is 1. The molecule has 0 amide bonds. The standard InChI is InChI=1S/C16H18BrN3O/c1-2-8-20-15(14(17)10-19-20)16(21)13-5-3-4-11-9-18-7-6-12(11)13/h3-5,10,18H,2,6-9H2,1H3. The van der Waals surface area contributed by atoms with E-state index in [-0.39, 0.29) is 5.78 Å². The first-order valence-corrected chi connectivity index (χ1v) is 8.09. The number of rotatable bonds is 4. The Bertz CT molecular complexity index is 678. The molecule has 1 aromatic carbocycles. The van der Waals surface area contributed by atoms with Gasteiger partial charge in [-0.25, -0.2) is 0 Å². The fourth-order valence-corrected chi connectivity index (χ4v) is 3.32. The van der Waals surface area contributed by atoms with Crippen LogP contribution in [0.3, 0.4) is 0 Å². The van der Waals surface area contributed by atoms with Crippen molar-refractivity contribution in [3.8, 4) is 0 Å². The molecule has 1 aliphatic rings. The topological polar surface area (TPSA) is 46.9 Å². The monoisotopic (exact) mass is 347 g/mol. The molecule has 1 aromatic heterocycles. The third-order valence-corrected chi connectivity index (χ3v) is 4.41. The molecule has 5 heteroatoms.